The van der Waals surface area contributed by atoms with Crippen molar-refractivity contribution in [2.24, 2.45) is 11.3 Å². The Hall–Kier alpha value is -1.06. The maximum absolute atomic E-state index is 11.0. The van der Waals surface area contributed by atoms with Gasteiger partial charge in [-0.2, -0.15) is 0 Å². The second-order valence-electron chi connectivity index (χ2n) is 4.13. The van der Waals surface area contributed by atoms with E-state index in [-0.39, 0.29) is 12.3 Å². The summed E-state index contributed by atoms with van der Waals surface area (Å²) < 4.78 is 0. The Morgan fingerprint density at radius 2 is 1.85 bits per heavy atom. The molecule has 1 unspecified atom stereocenters. The lowest BCUT2D eigenvalue weighted by atomic mass is 9.78. The minimum Gasteiger partial charge on any atom is -0.481 e. The summed E-state index contributed by atoms with van der Waals surface area (Å²) in [7, 11) is 1.50. The van der Waals surface area contributed by atoms with Crippen molar-refractivity contribution >= 4 is 11.9 Å². The fourth-order valence-electron chi connectivity index (χ4n) is 1.05. The Labute approximate surface area is 78.3 Å². The van der Waals surface area contributed by atoms with Gasteiger partial charge in [0.05, 0.1) is 5.92 Å². The Morgan fingerprint density at radius 1 is 1.38 bits per heavy atom. The van der Waals surface area contributed by atoms with Crippen LogP contribution >= 0.6 is 0 Å². The lowest BCUT2D eigenvalue weighted by Gasteiger charge is -2.26. The first-order chi connectivity index (χ1) is 5.79. The fourth-order valence-corrected chi connectivity index (χ4v) is 1.05. The molecule has 0 saturated heterocycles. The van der Waals surface area contributed by atoms with Crippen LogP contribution in [-0.4, -0.2) is 24.0 Å². The third-order valence-corrected chi connectivity index (χ3v) is 2.01. The normalized spacial score (nSPS) is 13.5. The fraction of sp³-hybridized carbons (Fsp3) is 0.778. The summed E-state index contributed by atoms with van der Waals surface area (Å²) in [5.74, 6) is -1.79. The van der Waals surface area contributed by atoms with Crippen LogP contribution in [0.4, 0.5) is 0 Å². The van der Waals surface area contributed by atoms with E-state index in [1.165, 1.54) is 7.05 Å². The van der Waals surface area contributed by atoms with E-state index < -0.39 is 17.3 Å². The molecule has 76 valence electrons. The van der Waals surface area contributed by atoms with Gasteiger partial charge in [-0.3, -0.25) is 9.59 Å². The zero-order valence-corrected chi connectivity index (χ0v) is 8.55. The lowest BCUT2D eigenvalue weighted by molar-refractivity contribution is -0.148. The van der Waals surface area contributed by atoms with Crippen LogP contribution in [0.2, 0.25) is 0 Å². The van der Waals surface area contributed by atoms with Gasteiger partial charge in [0.1, 0.15) is 0 Å². The smallest absolute Gasteiger partial charge is 0.307 e. The molecule has 0 aromatic rings. The van der Waals surface area contributed by atoms with Crippen LogP contribution in [0.25, 0.3) is 0 Å². The zero-order valence-electron chi connectivity index (χ0n) is 8.55. The summed E-state index contributed by atoms with van der Waals surface area (Å²) in [5.41, 5.74) is -0.391. The van der Waals surface area contributed by atoms with Crippen LogP contribution in [0.3, 0.4) is 0 Å². The van der Waals surface area contributed by atoms with Crippen molar-refractivity contribution in [3.05, 3.63) is 0 Å². The molecular formula is C9H17NO3. The first-order valence-electron chi connectivity index (χ1n) is 4.22. The Bertz CT molecular complexity index is 205. The van der Waals surface area contributed by atoms with Crippen molar-refractivity contribution in [1.82, 2.24) is 5.32 Å². The monoisotopic (exact) mass is 187 g/mol. The van der Waals surface area contributed by atoms with E-state index in [0.717, 1.165) is 0 Å². The second-order valence-corrected chi connectivity index (χ2v) is 4.13. The maximum atomic E-state index is 11.0. The molecule has 0 aliphatic heterocycles. The minimum atomic E-state index is -0.920. The lowest BCUT2D eigenvalue weighted by Crippen LogP contribution is -2.33. The summed E-state index contributed by atoms with van der Waals surface area (Å²) in [6.07, 6.45) is 0.0370. The van der Waals surface area contributed by atoms with E-state index in [1.54, 1.807) is 0 Å². The van der Waals surface area contributed by atoms with Crippen molar-refractivity contribution in [2.75, 3.05) is 7.05 Å². The van der Waals surface area contributed by atoms with E-state index in [4.69, 9.17) is 5.11 Å². The molecular weight excluding hydrogens is 170 g/mol. The maximum Gasteiger partial charge on any atom is 0.307 e. The van der Waals surface area contributed by atoms with Crippen molar-refractivity contribution in [3.8, 4) is 0 Å². The predicted molar refractivity (Wildman–Crippen MR) is 49.3 cm³/mol. The number of carboxylic acid groups (broad SMARTS) is 1. The molecule has 0 heterocycles. The number of hydrogen-bond donors (Lipinski definition) is 2. The van der Waals surface area contributed by atoms with Crippen molar-refractivity contribution in [3.63, 3.8) is 0 Å². The van der Waals surface area contributed by atoms with Crippen molar-refractivity contribution in [2.45, 2.75) is 27.2 Å². The van der Waals surface area contributed by atoms with Crippen LogP contribution in [0.1, 0.15) is 27.2 Å². The molecule has 4 heteroatoms. The molecule has 1 atom stereocenters. The molecule has 0 saturated carbocycles. The van der Waals surface area contributed by atoms with Gasteiger partial charge in [-0.25, -0.2) is 0 Å². The van der Waals surface area contributed by atoms with Crippen LogP contribution in [0.15, 0.2) is 0 Å². The molecule has 13 heavy (non-hydrogen) atoms. The Kier molecular flexibility index (Phi) is 3.91. The van der Waals surface area contributed by atoms with Crippen molar-refractivity contribution in [1.29, 1.82) is 0 Å². The first-order valence-corrected chi connectivity index (χ1v) is 4.22. The molecule has 0 rings (SSSR count). The van der Waals surface area contributed by atoms with Gasteiger partial charge in [0, 0.05) is 13.5 Å². The molecule has 0 fully saturated rings. The number of hydrogen-bond acceptors (Lipinski definition) is 2. The molecule has 0 bridgehead atoms. The van der Waals surface area contributed by atoms with E-state index in [1.807, 2.05) is 20.8 Å². The highest BCUT2D eigenvalue weighted by atomic mass is 16.4. The van der Waals surface area contributed by atoms with Crippen LogP contribution < -0.4 is 5.32 Å². The number of nitrogens with one attached hydrogen (secondary N) is 1. The molecule has 0 radical (unpaired) electrons. The largest absolute Gasteiger partial charge is 0.481 e. The highest BCUT2D eigenvalue weighted by Crippen LogP contribution is 2.28. The number of aliphatic carboxylic acids is 1. The van der Waals surface area contributed by atoms with Crippen LogP contribution in [0.5, 0.6) is 0 Å². The van der Waals surface area contributed by atoms with E-state index in [9.17, 15) is 9.59 Å². The number of carbonyl (C=O) groups excluding carboxylic acids is 1. The van der Waals surface area contributed by atoms with Gasteiger partial charge in [-0.1, -0.05) is 20.8 Å². The van der Waals surface area contributed by atoms with Crippen LogP contribution in [0, 0.1) is 11.3 Å². The number of carbonyl (C=O) groups is 2. The topological polar surface area (TPSA) is 66.4 Å². The van der Waals surface area contributed by atoms with Gasteiger partial charge in [0.25, 0.3) is 0 Å². The number of amides is 1. The average Bonchev–Trinajstić information content (AvgIpc) is 1.96. The van der Waals surface area contributed by atoms with Crippen LogP contribution in [-0.2, 0) is 9.59 Å². The highest BCUT2D eigenvalue weighted by molar-refractivity contribution is 5.82. The third-order valence-electron chi connectivity index (χ3n) is 2.01. The van der Waals surface area contributed by atoms with Crippen molar-refractivity contribution < 1.29 is 14.7 Å². The van der Waals surface area contributed by atoms with Gasteiger partial charge in [-0.15, -0.1) is 0 Å². The van der Waals surface area contributed by atoms with E-state index in [0.29, 0.717) is 0 Å². The average molecular weight is 187 g/mol. The molecule has 2 N–H and O–H groups in total. The molecule has 0 aromatic carbocycles. The summed E-state index contributed by atoms with van der Waals surface area (Å²) in [6, 6.07) is 0. The van der Waals surface area contributed by atoms with Gasteiger partial charge >= 0.3 is 5.97 Å². The molecule has 0 spiro atoms. The molecule has 0 aliphatic carbocycles. The first kappa shape index (κ1) is 11.9. The van der Waals surface area contributed by atoms with Gasteiger partial charge in [0.15, 0.2) is 0 Å². The summed E-state index contributed by atoms with van der Waals surface area (Å²) >= 11 is 0. The third kappa shape index (κ3) is 3.92. The number of carboxylic acids is 1. The molecule has 0 aromatic heterocycles. The van der Waals surface area contributed by atoms with Gasteiger partial charge < -0.3 is 10.4 Å². The SMILES string of the molecule is CNC(=O)CC(C(=O)O)C(C)(C)C. The highest BCUT2D eigenvalue weighted by Gasteiger charge is 2.32. The summed E-state index contributed by atoms with van der Waals surface area (Å²) in [4.78, 5) is 21.8. The second kappa shape index (κ2) is 4.25. The Balaban J connectivity index is 4.46. The Morgan fingerprint density at radius 3 is 2.08 bits per heavy atom. The van der Waals surface area contributed by atoms with Gasteiger partial charge in [-0.05, 0) is 5.41 Å². The zero-order chi connectivity index (χ0) is 10.6. The molecule has 4 nitrogen and oxygen atoms in total. The summed E-state index contributed by atoms with van der Waals surface area (Å²) in [6.45, 7) is 5.44. The standard InChI is InChI=1S/C9H17NO3/c1-9(2,3)6(8(12)13)5-7(11)10-4/h6H,5H2,1-4H3,(H,10,11)(H,12,13). The number of rotatable bonds is 3. The quantitative estimate of drug-likeness (QED) is 0.689. The molecule has 1 amide bonds. The molecule has 0 aliphatic rings. The predicted octanol–water partition coefficient (Wildman–Crippen LogP) is 0.869. The summed E-state index contributed by atoms with van der Waals surface area (Å²) in [5, 5.41) is 11.3. The van der Waals surface area contributed by atoms with E-state index >= 15 is 0 Å². The van der Waals surface area contributed by atoms with Gasteiger partial charge in [0.2, 0.25) is 5.91 Å². The minimum absolute atomic E-state index is 0.0370. The van der Waals surface area contributed by atoms with E-state index in [2.05, 4.69) is 5.32 Å².